The molecule has 0 spiro atoms. The van der Waals surface area contributed by atoms with Crippen LogP contribution >= 0.6 is 0 Å². The summed E-state index contributed by atoms with van der Waals surface area (Å²) in [6.07, 6.45) is 3.46. The van der Waals surface area contributed by atoms with E-state index in [2.05, 4.69) is 10.5 Å². The number of carbonyl (C=O) groups is 2. The van der Waals surface area contributed by atoms with Crippen molar-refractivity contribution >= 4 is 23.7 Å². The molecule has 0 fully saturated rings. The monoisotopic (exact) mass is 338 g/mol. The molecule has 0 aliphatic carbocycles. The average molecular weight is 338 g/mol. The van der Waals surface area contributed by atoms with Gasteiger partial charge in [0.05, 0.1) is 11.1 Å². The average Bonchev–Trinajstić information content (AvgIpc) is 2.54. The van der Waals surface area contributed by atoms with Crippen molar-refractivity contribution in [1.29, 1.82) is 0 Å². The van der Waals surface area contributed by atoms with Crippen molar-refractivity contribution in [1.82, 2.24) is 10.9 Å². The van der Waals surface area contributed by atoms with Gasteiger partial charge in [0, 0.05) is 18.9 Å². The van der Waals surface area contributed by atoms with E-state index in [4.69, 9.17) is 5.21 Å². The van der Waals surface area contributed by atoms with Gasteiger partial charge in [-0.2, -0.15) is 5.10 Å². The van der Waals surface area contributed by atoms with Crippen LogP contribution in [0, 0.1) is 10.1 Å². The van der Waals surface area contributed by atoms with Crippen molar-refractivity contribution in [3.63, 3.8) is 0 Å². The molecule has 0 atom stereocenters. The Morgan fingerprint density at radius 1 is 1.21 bits per heavy atom. The van der Waals surface area contributed by atoms with Gasteiger partial charge >= 0.3 is 5.69 Å². The third-order valence-corrected chi connectivity index (χ3v) is 3.03. The summed E-state index contributed by atoms with van der Waals surface area (Å²) in [5.74, 6) is -1.26. The number of hydrogen-bond donors (Lipinski definition) is 4. The Bertz CT molecular complexity index is 632. The molecule has 0 aromatic heterocycles. The Kier molecular flexibility index (Phi) is 7.85. The molecule has 0 saturated heterocycles. The molecule has 0 aliphatic heterocycles. The first-order valence-electron chi connectivity index (χ1n) is 7.16. The minimum absolute atomic E-state index is 0.194. The number of unbranched alkanes of at least 4 members (excludes halogenated alkanes) is 2. The van der Waals surface area contributed by atoms with Gasteiger partial charge in [0.1, 0.15) is 0 Å². The number of nitro groups is 1. The summed E-state index contributed by atoms with van der Waals surface area (Å²) >= 11 is 0. The Morgan fingerprint density at radius 3 is 2.46 bits per heavy atom. The van der Waals surface area contributed by atoms with Gasteiger partial charge in [-0.3, -0.25) is 24.9 Å². The van der Waals surface area contributed by atoms with Crippen molar-refractivity contribution in [2.45, 2.75) is 32.1 Å². The first-order valence-corrected chi connectivity index (χ1v) is 7.16. The van der Waals surface area contributed by atoms with E-state index in [9.17, 15) is 24.8 Å². The number of hydroxylamine groups is 1. The molecule has 1 rings (SSSR count). The van der Waals surface area contributed by atoms with E-state index in [0.29, 0.717) is 24.8 Å². The van der Waals surface area contributed by atoms with Crippen molar-refractivity contribution in [3.8, 4) is 5.75 Å². The fraction of sp³-hybridized carbons (Fsp3) is 0.357. The minimum atomic E-state index is -0.706. The molecule has 0 saturated carbocycles. The van der Waals surface area contributed by atoms with Gasteiger partial charge < -0.3 is 5.11 Å². The molecular weight excluding hydrogens is 320 g/mol. The molecule has 0 aliphatic rings. The Labute approximate surface area is 137 Å². The van der Waals surface area contributed by atoms with E-state index in [-0.39, 0.29) is 18.7 Å². The maximum Gasteiger partial charge on any atom is 0.310 e. The van der Waals surface area contributed by atoms with Crippen molar-refractivity contribution in [3.05, 3.63) is 33.9 Å². The first-order chi connectivity index (χ1) is 11.4. The number of benzene rings is 1. The van der Waals surface area contributed by atoms with Crippen LogP contribution in [-0.4, -0.2) is 33.3 Å². The molecule has 130 valence electrons. The number of rotatable bonds is 9. The number of amides is 2. The lowest BCUT2D eigenvalue weighted by molar-refractivity contribution is -0.385. The SMILES string of the molecule is O=C(CCCCCC(=O)N/N=C/c1ccc([N+](=O)[O-])c(O)c1)NO. The van der Waals surface area contributed by atoms with Gasteiger partial charge in [0.2, 0.25) is 11.8 Å². The van der Waals surface area contributed by atoms with Crippen molar-refractivity contribution in [2.24, 2.45) is 5.10 Å². The zero-order valence-corrected chi connectivity index (χ0v) is 12.8. The Hall–Kier alpha value is -3.01. The van der Waals surface area contributed by atoms with E-state index in [0.717, 1.165) is 6.07 Å². The van der Waals surface area contributed by atoms with Crippen molar-refractivity contribution in [2.75, 3.05) is 0 Å². The topological polar surface area (TPSA) is 154 Å². The van der Waals surface area contributed by atoms with Gasteiger partial charge in [-0.15, -0.1) is 0 Å². The number of nitrogens with one attached hydrogen (secondary N) is 2. The maximum atomic E-state index is 11.5. The molecular formula is C14H18N4O6. The highest BCUT2D eigenvalue weighted by Crippen LogP contribution is 2.25. The van der Waals surface area contributed by atoms with Crippen LogP contribution in [0.5, 0.6) is 5.75 Å². The van der Waals surface area contributed by atoms with Gasteiger partial charge in [0.15, 0.2) is 5.75 Å². The van der Waals surface area contributed by atoms with Crippen LogP contribution < -0.4 is 10.9 Å². The van der Waals surface area contributed by atoms with E-state index < -0.39 is 22.3 Å². The molecule has 2 amide bonds. The lowest BCUT2D eigenvalue weighted by atomic mass is 10.1. The quantitative estimate of drug-likeness (QED) is 0.174. The smallest absolute Gasteiger partial charge is 0.310 e. The highest BCUT2D eigenvalue weighted by atomic mass is 16.6. The third-order valence-electron chi connectivity index (χ3n) is 3.03. The highest BCUT2D eigenvalue weighted by Gasteiger charge is 2.12. The predicted octanol–water partition coefficient (Wildman–Crippen LogP) is 1.21. The minimum Gasteiger partial charge on any atom is -0.502 e. The number of phenols is 1. The molecule has 0 heterocycles. The molecule has 10 heteroatoms. The largest absolute Gasteiger partial charge is 0.502 e. The highest BCUT2D eigenvalue weighted by molar-refractivity contribution is 5.83. The summed E-state index contributed by atoms with van der Waals surface area (Å²) in [6, 6.07) is 3.70. The Morgan fingerprint density at radius 2 is 1.88 bits per heavy atom. The van der Waals surface area contributed by atoms with E-state index in [1.807, 2.05) is 0 Å². The third kappa shape index (κ3) is 6.83. The van der Waals surface area contributed by atoms with Crippen LogP contribution in [0.4, 0.5) is 5.69 Å². The van der Waals surface area contributed by atoms with Crippen LogP contribution in [-0.2, 0) is 9.59 Å². The fourth-order valence-corrected chi connectivity index (χ4v) is 1.81. The zero-order valence-electron chi connectivity index (χ0n) is 12.8. The summed E-state index contributed by atoms with van der Waals surface area (Å²) < 4.78 is 0. The second-order valence-corrected chi connectivity index (χ2v) is 4.89. The molecule has 4 N–H and O–H groups in total. The number of aromatic hydroxyl groups is 1. The maximum absolute atomic E-state index is 11.5. The summed E-state index contributed by atoms with van der Waals surface area (Å²) in [5, 5.41) is 32.0. The van der Waals surface area contributed by atoms with Crippen LogP contribution in [0.25, 0.3) is 0 Å². The number of nitrogens with zero attached hydrogens (tertiary/aromatic N) is 2. The van der Waals surface area contributed by atoms with Gasteiger partial charge in [-0.05, 0) is 30.5 Å². The van der Waals surface area contributed by atoms with Crippen molar-refractivity contribution < 1.29 is 24.8 Å². The standard InChI is InChI=1S/C14H18N4O6/c19-12-8-10(6-7-11(12)18(23)24)9-15-16-13(20)4-2-1-3-5-14(21)17-22/h6-9,19,22H,1-5H2,(H,16,20)(H,17,21)/b15-9+. The normalized spacial score (nSPS) is 10.5. The van der Waals surface area contributed by atoms with E-state index in [1.54, 1.807) is 0 Å². The summed E-state index contributed by atoms with van der Waals surface area (Å²) in [7, 11) is 0. The molecule has 1 aromatic carbocycles. The lowest BCUT2D eigenvalue weighted by Gasteiger charge is -2.01. The summed E-state index contributed by atoms with van der Waals surface area (Å²) in [6.45, 7) is 0. The van der Waals surface area contributed by atoms with Gasteiger partial charge in [-0.25, -0.2) is 10.9 Å². The number of nitro benzene ring substituents is 1. The number of phenolic OH excluding ortho intramolecular Hbond substituents is 1. The van der Waals surface area contributed by atoms with E-state index >= 15 is 0 Å². The summed E-state index contributed by atoms with van der Waals surface area (Å²) in [5.41, 5.74) is 3.81. The lowest BCUT2D eigenvalue weighted by Crippen LogP contribution is -2.18. The first kappa shape index (κ1) is 19.0. The second kappa shape index (κ2) is 9.90. The Balaban J connectivity index is 2.31. The van der Waals surface area contributed by atoms with Gasteiger partial charge in [0.25, 0.3) is 0 Å². The van der Waals surface area contributed by atoms with Crippen LogP contribution in [0.2, 0.25) is 0 Å². The van der Waals surface area contributed by atoms with E-state index in [1.165, 1.54) is 23.8 Å². The second-order valence-electron chi connectivity index (χ2n) is 4.89. The zero-order chi connectivity index (χ0) is 17.9. The molecule has 0 unspecified atom stereocenters. The molecule has 24 heavy (non-hydrogen) atoms. The molecule has 1 aromatic rings. The summed E-state index contributed by atoms with van der Waals surface area (Å²) in [4.78, 5) is 32.1. The van der Waals surface area contributed by atoms with Crippen LogP contribution in [0.3, 0.4) is 0 Å². The number of hydrazone groups is 1. The van der Waals surface area contributed by atoms with Gasteiger partial charge in [-0.1, -0.05) is 6.42 Å². The van der Waals surface area contributed by atoms with Crippen LogP contribution in [0.1, 0.15) is 37.7 Å². The van der Waals surface area contributed by atoms with Crippen LogP contribution in [0.15, 0.2) is 23.3 Å². The number of hydrogen-bond acceptors (Lipinski definition) is 7. The molecule has 0 bridgehead atoms. The number of carbonyl (C=O) groups excluding carboxylic acids is 2. The molecule has 0 radical (unpaired) electrons. The molecule has 10 nitrogen and oxygen atoms in total. The predicted molar refractivity (Wildman–Crippen MR) is 83.5 cm³/mol. The fourth-order valence-electron chi connectivity index (χ4n) is 1.81.